The van der Waals surface area contributed by atoms with Gasteiger partial charge in [-0.3, -0.25) is 14.9 Å². The zero-order valence-corrected chi connectivity index (χ0v) is 14.1. The first-order valence-corrected chi connectivity index (χ1v) is 8.44. The number of nitro benzene ring substituents is 1. The molecule has 1 heterocycles. The number of hydrogen-bond donors (Lipinski definition) is 1. The molecule has 0 unspecified atom stereocenters. The molecule has 1 fully saturated rings. The summed E-state index contributed by atoms with van der Waals surface area (Å²) in [5.74, 6) is 0.424. The monoisotopic (exact) mass is 339 g/mol. The number of carbonyl (C=O) groups is 1. The normalized spacial score (nSPS) is 15.0. The van der Waals surface area contributed by atoms with Crippen LogP contribution in [0, 0.1) is 16.0 Å². The molecule has 25 heavy (non-hydrogen) atoms. The van der Waals surface area contributed by atoms with Crippen LogP contribution in [0.2, 0.25) is 0 Å². The van der Waals surface area contributed by atoms with Crippen LogP contribution in [-0.4, -0.2) is 23.9 Å². The summed E-state index contributed by atoms with van der Waals surface area (Å²) in [5.41, 5.74) is 2.00. The van der Waals surface area contributed by atoms with Gasteiger partial charge >= 0.3 is 0 Å². The Morgan fingerprint density at radius 3 is 2.48 bits per heavy atom. The van der Waals surface area contributed by atoms with Gasteiger partial charge in [0.25, 0.3) is 11.6 Å². The van der Waals surface area contributed by atoms with E-state index in [4.69, 9.17) is 0 Å². The number of hydrogen-bond acceptors (Lipinski definition) is 4. The molecule has 0 aliphatic carbocycles. The van der Waals surface area contributed by atoms with Crippen molar-refractivity contribution in [1.29, 1.82) is 0 Å². The molecule has 2 aromatic carbocycles. The van der Waals surface area contributed by atoms with E-state index in [1.807, 2.05) is 24.3 Å². The molecule has 3 rings (SSSR count). The van der Waals surface area contributed by atoms with Gasteiger partial charge in [-0.05, 0) is 49.1 Å². The van der Waals surface area contributed by atoms with E-state index in [-0.39, 0.29) is 17.2 Å². The van der Waals surface area contributed by atoms with Crippen LogP contribution in [0.5, 0.6) is 0 Å². The van der Waals surface area contributed by atoms with Crippen LogP contribution in [0.4, 0.5) is 17.1 Å². The number of rotatable bonds is 4. The molecular weight excluding hydrogens is 318 g/mol. The number of nitrogens with zero attached hydrogens (tertiary/aromatic N) is 2. The molecule has 6 heteroatoms. The molecule has 0 aromatic heterocycles. The van der Waals surface area contributed by atoms with Crippen LogP contribution in [-0.2, 0) is 0 Å². The Kier molecular flexibility index (Phi) is 4.97. The molecule has 2 aromatic rings. The first-order chi connectivity index (χ1) is 12.0. The molecule has 0 saturated carbocycles. The van der Waals surface area contributed by atoms with Crippen LogP contribution in [0.15, 0.2) is 48.5 Å². The van der Waals surface area contributed by atoms with E-state index in [2.05, 4.69) is 17.1 Å². The highest BCUT2D eigenvalue weighted by Gasteiger charge is 2.16. The fourth-order valence-corrected chi connectivity index (χ4v) is 2.99. The maximum Gasteiger partial charge on any atom is 0.270 e. The number of amides is 1. The summed E-state index contributed by atoms with van der Waals surface area (Å²) < 4.78 is 0. The van der Waals surface area contributed by atoms with E-state index in [1.165, 1.54) is 31.0 Å². The molecule has 0 radical (unpaired) electrons. The van der Waals surface area contributed by atoms with Gasteiger partial charge in [0.05, 0.1) is 4.92 Å². The number of piperidine rings is 1. The van der Waals surface area contributed by atoms with Crippen molar-refractivity contribution >= 4 is 23.0 Å². The van der Waals surface area contributed by atoms with Crippen molar-refractivity contribution in [2.45, 2.75) is 19.8 Å². The third kappa shape index (κ3) is 4.15. The zero-order valence-electron chi connectivity index (χ0n) is 14.1. The highest BCUT2D eigenvalue weighted by atomic mass is 16.6. The van der Waals surface area contributed by atoms with E-state index in [9.17, 15) is 14.9 Å². The van der Waals surface area contributed by atoms with Gasteiger partial charge in [-0.15, -0.1) is 0 Å². The molecule has 0 spiro atoms. The van der Waals surface area contributed by atoms with E-state index in [1.54, 1.807) is 6.07 Å². The minimum absolute atomic E-state index is 0.0951. The second kappa shape index (κ2) is 7.34. The van der Waals surface area contributed by atoms with Crippen molar-refractivity contribution < 1.29 is 9.72 Å². The van der Waals surface area contributed by atoms with Crippen molar-refractivity contribution in [1.82, 2.24) is 0 Å². The van der Waals surface area contributed by atoms with Gasteiger partial charge in [0.2, 0.25) is 0 Å². The van der Waals surface area contributed by atoms with Gasteiger partial charge in [0.1, 0.15) is 0 Å². The third-order valence-electron chi connectivity index (χ3n) is 4.59. The van der Waals surface area contributed by atoms with Crippen LogP contribution >= 0.6 is 0 Å². The zero-order chi connectivity index (χ0) is 17.8. The Hall–Kier alpha value is -2.89. The summed E-state index contributed by atoms with van der Waals surface area (Å²) >= 11 is 0. The van der Waals surface area contributed by atoms with Crippen molar-refractivity contribution in [2.24, 2.45) is 5.92 Å². The summed E-state index contributed by atoms with van der Waals surface area (Å²) in [6, 6.07) is 13.4. The number of anilines is 2. The smallest absolute Gasteiger partial charge is 0.270 e. The van der Waals surface area contributed by atoms with E-state index < -0.39 is 4.92 Å². The minimum Gasteiger partial charge on any atom is -0.372 e. The van der Waals surface area contributed by atoms with Gasteiger partial charge in [-0.1, -0.05) is 13.0 Å². The Morgan fingerprint density at radius 1 is 1.16 bits per heavy atom. The van der Waals surface area contributed by atoms with Gasteiger partial charge in [0.15, 0.2) is 0 Å². The molecule has 0 bridgehead atoms. The Labute approximate surface area is 146 Å². The molecular formula is C19H21N3O3. The molecule has 0 atom stereocenters. The Bertz CT molecular complexity index is 766. The van der Waals surface area contributed by atoms with Crippen molar-refractivity contribution in [3.63, 3.8) is 0 Å². The maximum atomic E-state index is 12.3. The van der Waals surface area contributed by atoms with Crippen LogP contribution in [0.1, 0.15) is 30.1 Å². The summed E-state index contributed by atoms with van der Waals surface area (Å²) in [6.07, 6.45) is 2.40. The molecule has 1 saturated heterocycles. The first-order valence-electron chi connectivity index (χ1n) is 8.44. The number of nitrogens with one attached hydrogen (secondary N) is 1. The lowest BCUT2D eigenvalue weighted by Gasteiger charge is -2.32. The summed E-state index contributed by atoms with van der Waals surface area (Å²) in [6.45, 7) is 4.39. The summed E-state index contributed by atoms with van der Waals surface area (Å²) in [5, 5.41) is 13.6. The highest BCUT2D eigenvalue weighted by molar-refractivity contribution is 6.04. The highest BCUT2D eigenvalue weighted by Crippen LogP contribution is 2.24. The first kappa shape index (κ1) is 17.0. The van der Waals surface area contributed by atoms with Crippen molar-refractivity contribution in [3.05, 3.63) is 64.2 Å². The molecule has 6 nitrogen and oxygen atoms in total. The maximum absolute atomic E-state index is 12.3. The van der Waals surface area contributed by atoms with Crippen molar-refractivity contribution in [2.75, 3.05) is 23.3 Å². The minimum atomic E-state index is -0.509. The Balaban J connectivity index is 1.66. The van der Waals surface area contributed by atoms with E-state index >= 15 is 0 Å². The third-order valence-corrected chi connectivity index (χ3v) is 4.59. The number of nitro groups is 1. The predicted molar refractivity (Wildman–Crippen MR) is 98.1 cm³/mol. The summed E-state index contributed by atoms with van der Waals surface area (Å²) in [7, 11) is 0. The average Bonchev–Trinajstić information content (AvgIpc) is 2.63. The fourth-order valence-electron chi connectivity index (χ4n) is 2.99. The van der Waals surface area contributed by atoms with Gasteiger partial charge in [-0.2, -0.15) is 0 Å². The van der Waals surface area contributed by atoms with Gasteiger partial charge < -0.3 is 10.2 Å². The molecule has 1 amide bonds. The lowest BCUT2D eigenvalue weighted by atomic mass is 9.99. The number of non-ortho nitro benzene ring substituents is 1. The van der Waals surface area contributed by atoms with Crippen LogP contribution in [0.25, 0.3) is 0 Å². The van der Waals surface area contributed by atoms with Gasteiger partial charge in [0, 0.05) is 42.2 Å². The molecule has 1 aliphatic rings. The lowest BCUT2D eigenvalue weighted by molar-refractivity contribution is -0.384. The van der Waals surface area contributed by atoms with Crippen molar-refractivity contribution in [3.8, 4) is 0 Å². The fraction of sp³-hybridized carbons (Fsp3) is 0.316. The van der Waals surface area contributed by atoms with E-state index in [0.29, 0.717) is 5.69 Å². The van der Waals surface area contributed by atoms with Crippen LogP contribution in [0.3, 0.4) is 0 Å². The lowest BCUT2D eigenvalue weighted by Crippen LogP contribution is -2.32. The second-order valence-electron chi connectivity index (χ2n) is 6.48. The number of carbonyl (C=O) groups excluding carboxylic acids is 1. The summed E-state index contributed by atoms with van der Waals surface area (Å²) in [4.78, 5) is 24.9. The molecule has 130 valence electrons. The standard InChI is InChI=1S/C19H21N3O3/c1-14-9-11-21(12-10-14)17-7-5-16(6-8-17)20-19(23)15-3-2-4-18(13-15)22(24)25/h2-8,13-14H,9-12H2,1H3,(H,20,23). The SMILES string of the molecule is CC1CCN(c2ccc(NC(=O)c3cccc([N+](=O)[O-])c3)cc2)CC1. The quantitative estimate of drug-likeness (QED) is 0.672. The molecule has 1 aliphatic heterocycles. The topological polar surface area (TPSA) is 75.5 Å². The molecule has 1 N–H and O–H groups in total. The number of benzene rings is 2. The Morgan fingerprint density at radius 2 is 1.84 bits per heavy atom. The van der Waals surface area contributed by atoms with Crippen LogP contribution < -0.4 is 10.2 Å². The predicted octanol–water partition coefficient (Wildman–Crippen LogP) is 4.08. The average molecular weight is 339 g/mol. The van der Waals surface area contributed by atoms with E-state index in [0.717, 1.165) is 24.7 Å². The van der Waals surface area contributed by atoms with Gasteiger partial charge in [-0.25, -0.2) is 0 Å². The second-order valence-corrected chi connectivity index (χ2v) is 6.48. The largest absolute Gasteiger partial charge is 0.372 e.